The van der Waals surface area contributed by atoms with Gasteiger partial charge in [-0.1, -0.05) is 13.3 Å². The molecule has 1 aliphatic rings. The predicted octanol–water partition coefficient (Wildman–Crippen LogP) is 1.66. The lowest BCUT2D eigenvalue weighted by Crippen LogP contribution is -2.38. The van der Waals surface area contributed by atoms with Crippen molar-refractivity contribution in [3.8, 4) is 6.07 Å². The summed E-state index contributed by atoms with van der Waals surface area (Å²) in [5.41, 5.74) is -0.798. The first kappa shape index (κ1) is 11.2. The van der Waals surface area contributed by atoms with Crippen molar-refractivity contribution in [1.29, 1.82) is 5.26 Å². The lowest BCUT2D eigenvalue weighted by Gasteiger charge is -2.35. The maximum absolute atomic E-state index is 10.5. The molecule has 3 nitrogen and oxygen atoms in total. The minimum absolute atomic E-state index is 0.496. The molecule has 0 amide bonds. The molecule has 0 aromatic rings. The van der Waals surface area contributed by atoms with Gasteiger partial charge < -0.3 is 9.90 Å². The van der Waals surface area contributed by atoms with Crippen LogP contribution in [0.5, 0.6) is 0 Å². The van der Waals surface area contributed by atoms with Crippen LogP contribution < -0.4 is 0 Å². The van der Waals surface area contributed by atoms with Crippen LogP contribution in [0.4, 0.5) is 0 Å². The number of nitriles is 1. The van der Waals surface area contributed by atoms with Gasteiger partial charge in [0.1, 0.15) is 12.4 Å². The molecule has 0 saturated heterocycles. The van der Waals surface area contributed by atoms with Crippen LogP contribution in [-0.4, -0.2) is 17.5 Å². The number of aldehydes is 1. The Hall–Kier alpha value is -0.880. The zero-order valence-corrected chi connectivity index (χ0v) is 8.57. The van der Waals surface area contributed by atoms with Gasteiger partial charge in [0.25, 0.3) is 0 Å². The van der Waals surface area contributed by atoms with E-state index in [0.29, 0.717) is 25.0 Å². The Bertz CT molecular complexity index is 236. The van der Waals surface area contributed by atoms with E-state index in [4.69, 9.17) is 5.26 Å². The van der Waals surface area contributed by atoms with Gasteiger partial charge in [0.2, 0.25) is 0 Å². The number of hydrogen-bond donors (Lipinski definition) is 1. The molecule has 1 unspecified atom stereocenters. The summed E-state index contributed by atoms with van der Waals surface area (Å²) >= 11 is 0. The number of aliphatic hydroxyl groups excluding tert-OH is 1. The average molecular weight is 195 g/mol. The summed E-state index contributed by atoms with van der Waals surface area (Å²) in [6, 6.07) is 2.13. The van der Waals surface area contributed by atoms with Gasteiger partial charge in [0, 0.05) is 0 Å². The van der Waals surface area contributed by atoms with Crippen LogP contribution in [-0.2, 0) is 4.79 Å². The largest absolute Gasteiger partial charge is 0.384 e. The van der Waals surface area contributed by atoms with Crippen LogP contribution in [0.1, 0.15) is 39.0 Å². The summed E-state index contributed by atoms with van der Waals surface area (Å²) in [4.78, 5) is 10.5. The van der Waals surface area contributed by atoms with Gasteiger partial charge in [-0.05, 0) is 31.6 Å². The maximum Gasteiger partial charge on any atom is 0.150 e. The number of carbonyl (C=O) groups excluding carboxylic acids is 1. The molecule has 1 fully saturated rings. The Morgan fingerprint density at radius 3 is 2.57 bits per heavy atom. The fourth-order valence-electron chi connectivity index (χ4n) is 2.20. The highest BCUT2D eigenvalue weighted by Crippen LogP contribution is 2.41. The zero-order chi connectivity index (χ0) is 10.6. The van der Waals surface area contributed by atoms with E-state index in [9.17, 15) is 9.90 Å². The number of hydrogen-bond acceptors (Lipinski definition) is 3. The highest BCUT2D eigenvalue weighted by Gasteiger charge is 2.41. The Balaban J connectivity index is 2.67. The molecule has 0 aliphatic heterocycles. The summed E-state index contributed by atoms with van der Waals surface area (Å²) < 4.78 is 0. The Labute approximate surface area is 84.7 Å². The number of aliphatic hydroxyl groups is 1. The summed E-state index contributed by atoms with van der Waals surface area (Å²) in [5.74, 6) is 0.662. The van der Waals surface area contributed by atoms with Crippen LogP contribution in [0.2, 0.25) is 0 Å². The number of nitrogens with zero attached hydrogens (tertiary/aromatic N) is 1. The summed E-state index contributed by atoms with van der Waals surface area (Å²) in [6.07, 6.45) is 3.73. The minimum atomic E-state index is -1.11. The van der Waals surface area contributed by atoms with Crippen LogP contribution in [0, 0.1) is 22.7 Å². The standard InChI is InChI=1S/C11H17NO2/c1-2-9-3-5-11(8-12,6-4-9)10(14)7-13/h7,9-10,14H,2-6H2,1H3. The van der Waals surface area contributed by atoms with Gasteiger partial charge in [0.05, 0.1) is 11.5 Å². The Morgan fingerprint density at radius 2 is 2.21 bits per heavy atom. The van der Waals surface area contributed by atoms with Crippen LogP contribution in [0.25, 0.3) is 0 Å². The van der Waals surface area contributed by atoms with Gasteiger partial charge in [-0.2, -0.15) is 5.26 Å². The summed E-state index contributed by atoms with van der Waals surface area (Å²) in [6.45, 7) is 2.14. The van der Waals surface area contributed by atoms with Crippen LogP contribution in [0.15, 0.2) is 0 Å². The molecular formula is C11H17NO2. The molecule has 0 heterocycles. The maximum atomic E-state index is 10.5. The molecule has 78 valence electrons. The second kappa shape index (κ2) is 4.56. The first-order chi connectivity index (χ1) is 6.68. The first-order valence-corrected chi connectivity index (χ1v) is 5.23. The fourth-order valence-corrected chi connectivity index (χ4v) is 2.20. The topological polar surface area (TPSA) is 61.1 Å². The van der Waals surface area contributed by atoms with Crippen molar-refractivity contribution in [2.45, 2.75) is 45.1 Å². The molecule has 0 radical (unpaired) electrons. The van der Waals surface area contributed by atoms with E-state index in [1.807, 2.05) is 0 Å². The van der Waals surface area contributed by atoms with Gasteiger partial charge in [-0.25, -0.2) is 0 Å². The van der Waals surface area contributed by atoms with Gasteiger partial charge in [0.15, 0.2) is 0 Å². The Morgan fingerprint density at radius 1 is 1.64 bits per heavy atom. The molecule has 14 heavy (non-hydrogen) atoms. The first-order valence-electron chi connectivity index (χ1n) is 5.23. The van der Waals surface area contributed by atoms with E-state index >= 15 is 0 Å². The zero-order valence-electron chi connectivity index (χ0n) is 8.57. The van der Waals surface area contributed by atoms with E-state index in [-0.39, 0.29) is 0 Å². The van der Waals surface area contributed by atoms with E-state index < -0.39 is 11.5 Å². The lowest BCUT2D eigenvalue weighted by molar-refractivity contribution is -0.120. The molecule has 0 aromatic carbocycles. The third-order valence-electron chi connectivity index (χ3n) is 3.49. The van der Waals surface area contributed by atoms with E-state index in [0.717, 1.165) is 19.3 Å². The average Bonchev–Trinajstić information content (AvgIpc) is 2.28. The SMILES string of the molecule is CCC1CCC(C#N)(C(O)C=O)CC1. The van der Waals surface area contributed by atoms with Gasteiger partial charge in [-0.15, -0.1) is 0 Å². The third kappa shape index (κ3) is 1.96. The van der Waals surface area contributed by atoms with Crippen LogP contribution >= 0.6 is 0 Å². The van der Waals surface area contributed by atoms with Crippen molar-refractivity contribution < 1.29 is 9.90 Å². The van der Waals surface area contributed by atoms with Crippen molar-refractivity contribution in [2.75, 3.05) is 0 Å². The molecule has 3 heteroatoms. The van der Waals surface area contributed by atoms with Crippen molar-refractivity contribution >= 4 is 6.29 Å². The van der Waals surface area contributed by atoms with Crippen LogP contribution in [0.3, 0.4) is 0 Å². The van der Waals surface area contributed by atoms with Crippen molar-refractivity contribution in [2.24, 2.45) is 11.3 Å². The summed E-state index contributed by atoms with van der Waals surface area (Å²) in [7, 11) is 0. The Kier molecular flexibility index (Phi) is 3.65. The predicted molar refractivity (Wildman–Crippen MR) is 52.4 cm³/mol. The number of carbonyl (C=O) groups is 1. The van der Waals surface area contributed by atoms with Gasteiger partial charge >= 0.3 is 0 Å². The molecule has 0 bridgehead atoms. The second-order valence-electron chi connectivity index (χ2n) is 4.20. The van der Waals surface area contributed by atoms with E-state index in [2.05, 4.69) is 13.0 Å². The van der Waals surface area contributed by atoms with Crippen molar-refractivity contribution in [3.05, 3.63) is 0 Å². The van der Waals surface area contributed by atoms with Crippen molar-refractivity contribution in [3.63, 3.8) is 0 Å². The number of rotatable bonds is 3. The minimum Gasteiger partial charge on any atom is -0.384 e. The molecule has 1 atom stereocenters. The van der Waals surface area contributed by atoms with E-state index in [1.165, 1.54) is 0 Å². The summed E-state index contributed by atoms with van der Waals surface area (Å²) in [5, 5.41) is 18.5. The molecule has 1 saturated carbocycles. The van der Waals surface area contributed by atoms with Gasteiger partial charge in [-0.3, -0.25) is 0 Å². The lowest BCUT2D eigenvalue weighted by atomic mass is 9.68. The third-order valence-corrected chi connectivity index (χ3v) is 3.49. The quantitative estimate of drug-likeness (QED) is 0.696. The van der Waals surface area contributed by atoms with Crippen molar-refractivity contribution in [1.82, 2.24) is 0 Å². The highest BCUT2D eigenvalue weighted by molar-refractivity contribution is 5.58. The second-order valence-corrected chi connectivity index (χ2v) is 4.20. The molecule has 0 spiro atoms. The normalized spacial score (nSPS) is 34.5. The molecule has 0 aromatic heterocycles. The fraction of sp³-hybridized carbons (Fsp3) is 0.818. The van der Waals surface area contributed by atoms with E-state index in [1.54, 1.807) is 0 Å². The molecule has 1 N–H and O–H groups in total. The smallest absolute Gasteiger partial charge is 0.150 e. The monoisotopic (exact) mass is 195 g/mol. The molecular weight excluding hydrogens is 178 g/mol. The molecule has 1 rings (SSSR count). The highest BCUT2D eigenvalue weighted by atomic mass is 16.3. The molecule has 1 aliphatic carbocycles.